The fourth-order valence-electron chi connectivity index (χ4n) is 1.88. The third-order valence-electron chi connectivity index (χ3n) is 2.70. The molecule has 0 saturated carbocycles. The molecule has 0 aliphatic carbocycles. The van der Waals surface area contributed by atoms with E-state index >= 15 is 0 Å². The van der Waals surface area contributed by atoms with Crippen LogP contribution in [0.5, 0.6) is 0 Å². The van der Waals surface area contributed by atoms with E-state index < -0.39 is 5.82 Å². The van der Waals surface area contributed by atoms with E-state index in [1.807, 2.05) is 6.92 Å². The number of anilines is 3. The topological polar surface area (TPSA) is 29.3 Å². The molecule has 0 heterocycles. The summed E-state index contributed by atoms with van der Waals surface area (Å²) >= 11 is 0. The molecule has 2 rings (SSSR count). The number of nitrogens with two attached hydrogens (primary N) is 1. The van der Waals surface area contributed by atoms with Crippen LogP contribution >= 0.6 is 0 Å². The molecule has 94 valence electrons. The summed E-state index contributed by atoms with van der Waals surface area (Å²) < 4.78 is 27.1. The zero-order valence-corrected chi connectivity index (χ0v) is 10.0. The van der Waals surface area contributed by atoms with Crippen molar-refractivity contribution in [2.45, 2.75) is 6.92 Å². The molecule has 0 amide bonds. The van der Waals surface area contributed by atoms with Crippen molar-refractivity contribution in [3.63, 3.8) is 0 Å². The number of benzene rings is 2. The molecule has 0 atom stereocenters. The third kappa shape index (κ3) is 2.42. The smallest absolute Gasteiger partial charge is 0.148 e. The summed E-state index contributed by atoms with van der Waals surface area (Å²) in [5.74, 6) is -0.761. The second-order valence-electron chi connectivity index (χ2n) is 3.93. The first-order valence-corrected chi connectivity index (χ1v) is 5.70. The number of nitrogens with zero attached hydrogens (tertiary/aromatic N) is 1. The molecule has 0 unspecified atom stereocenters. The molecular weight excluding hydrogens is 234 g/mol. The van der Waals surface area contributed by atoms with Crippen molar-refractivity contribution < 1.29 is 8.78 Å². The van der Waals surface area contributed by atoms with Gasteiger partial charge in [-0.25, -0.2) is 8.78 Å². The van der Waals surface area contributed by atoms with Crippen LogP contribution in [0, 0.1) is 11.6 Å². The Hall–Kier alpha value is -2.10. The highest BCUT2D eigenvalue weighted by Crippen LogP contribution is 2.29. The van der Waals surface area contributed by atoms with Crippen molar-refractivity contribution in [2.24, 2.45) is 0 Å². The van der Waals surface area contributed by atoms with E-state index in [2.05, 4.69) is 0 Å². The highest BCUT2D eigenvalue weighted by atomic mass is 19.1. The van der Waals surface area contributed by atoms with Crippen molar-refractivity contribution in [2.75, 3.05) is 17.2 Å². The molecule has 2 aromatic rings. The minimum Gasteiger partial charge on any atom is -0.399 e. The normalized spacial score (nSPS) is 10.4. The molecule has 0 bridgehead atoms. The van der Waals surface area contributed by atoms with Crippen LogP contribution in [0.25, 0.3) is 0 Å². The molecule has 0 fully saturated rings. The number of rotatable bonds is 3. The molecule has 2 nitrogen and oxygen atoms in total. The Morgan fingerprint density at radius 2 is 1.89 bits per heavy atom. The van der Waals surface area contributed by atoms with Gasteiger partial charge in [0.15, 0.2) is 0 Å². The molecule has 0 saturated heterocycles. The number of halogens is 2. The van der Waals surface area contributed by atoms with Gasteiger partial charge in [0, 0.05) is 17.9 Å². The summed E-state index contributed by atoms with van der Waals surface area (Å²) in [5, 5.41) is 0. The molecular formula is C14H14F2N2. The Bertz CT molecular complexity index is 555. The first-order valence-electron chi connectivity index (χ1n) is 5.70. The van der Waals surface area contributed by atoms with Crippen LogP contribution in [0.2, 0.25) is 0 Å². The van der Waals surface area contributed by atoms with Gasteiger partial charge in [-0.05, 0) is 43.3 Å². The monoisotopic (exact) mass is 248 g/mol. The summed E-state index contributed by atoms with van der Waals surface area (Å²) in [6.07, 6.45) is 0. The minimum atomic E-state index is -0.416. The maximum Gasteiger partial charge on any atom is 0.148 e. The van der Waals surface area contributed by atoms with Gasteiger partial charge in [0.25, 0.3) is 0 Å². The van der Waals surface area contributed by atoms with Gasteiger partial charge in [-0.15, -0.1) is 0 Å². The molecule has 4 heteroatoms. The Balaban J connectivity index is 2.45. The molecule has 0 spiro atoms. The molecule has 0 aliphatic rings. The first kappa shape index (κ1) is 12.4. The Morgan fingerprint density at radius 1 is 1.11 bits per heavy atom. The zero-order chi connectivity index (χ0) is 13.1. The third-order valence-corrected chi connectivity index (χ3v) is 2.70. The Morgan fingerprint density at radius 3 is 2.50 bits per heavy atom. The van der Waals surface area contributed by atoms with Gasteiger partial charge in [0.1, 0.15) is 11.6 Å². The second kappa shape index (κ2) is 5.04. The van der Waals surface area contributed by atoms with Crippen molar-refractivity contribution in [3.8, 4) is 0 Å². The summed E-state index contributed by atoms with van der Waals surface area (Å²) in [6, 6.07) is 10.6. The molecule has 0 aromatic heterocycles. The number of hydrogen-bond acceptors (Lipinski definition) is 2. The average molecular weight is 248 g/mol. The highest BCUT2D eigenvalue weighted by Gasteiger charge is 2.12. The van der Waals surface area contributed by atoms with E-state index in [4.69, 9.17) is 5.73 Å². The minimum absolute atomic E-state index is 0.346. The van der Waals surface area contributed by atoms with Crippen molar-refractivity contribution >= 4 is 17.1 Å². The second-order valence-corrected chi connectivity index (χ2v) is 3.93. The van der Waals surface area contributed by atoms with E-state index in [-0.39, 0.29) is 5.82 Å². The van der Waals surface area contributed by atoms with Gasteiger partial charge < -0.3 is 10.6 Å². The van der Waals surface area contributed by atoms with Crippen molar-refractivity contribution in [1.82, 2.24) is 0 Å². The van der Waals surface area contributed by atoms with Crippen LogP contribution in [0.15, 0.2) is 42.5 Å². The fourth-order valence-corrected chi connectivity index (χ4v) is 1.88. The Labute approximate surface area is 105 Å². The maximum absolute atomic E-state index is 13.9. The van der Waals surface area contributed by atoms with Crippen molar-refractivity contribution in [1.29, 1.82) is 0 Å². The SMILES string of the molecule is CCN(c1cccc(F)c1)c1ccc(N)cc1F. The van der Waals surface area contributed by atoms with Gasteiger partial charge in [-0.2, -0.15) is 0 Å². The maximum atomic E-state index is 13.9. The number of nitrogen functional groups attached to an aromatic ring is 1. The largest absolute Gasteiger partial charge is 0.399 e. The first-order chi connectivity index (χ1) is 8.61. The van der Waals surface area contributed by atoms with Crippen LogP contribution in [0.3, 0.4) is 0 Å². The van der Waals surface area contributed by atoms with Gasteiger partial charge in [-0.3, -0.25) is 0 Å². The van der Waals surface area contributed by atoms with E-state index in [0.29, 0.717) is 23.6 Å². The molecule has 2 aromatic carbocycles. The average Bonchev–Trinajstić information content (AvgIpc) is 2.33. The predicted octanol–water partition coefficient (Wildman–Crippen LogP) is 3.71. The molecule has 18 heavy (non-hydrogen) atoms. The summed E-state index contributed by atoms with van der Waals surface area (Å²) in [5.41, 5.74) is 6.88. The van der Waals surface area contributed by atoms with Gasteiger partial charge in [-0.1, -0.05) is 6.07 Å². The van der Waals surface area contributed by atoms with E-state index in [1.54, 1.807) is 29.2 Å². The molecule has 2 N–H and O–H groups in total. The number of hydrogen-bond donors (Lipinski definition) is 1. The lowest BCUT2D eigenvalue weighted by molar-refractivity contribution is 0.622. The standard InChI is InChI=1S/C14H14F2N2/c1-2-18(12-5-3-4-10(15)8-12)14-7-6-11(17)9-13(14)16/h3-9H,2,17H2,1H3. The van der Waals surface area contributed by atoms with E-state index in [0.717, 1.165) is 0 Å². The van der Waals surface area contributed by atoms with Crippen LogP contribution < -0.4 is 10.6 Å². The van der Waals surface area contributed by atoms with E-state index in [1.165, 1.54) is 18.2 Å². The fraction of sp³-hybridized carbons (Fsp3) is 0.143. The van der Waals surface area contributed by atoms with Gasteiger partial charge >= 0.3 is 0 Å². The van der Waals surface area contributed by atoms with Crippen LogP contribution in [-0.2, 0) is 0 Å². The van der Waals surface area contributed by atoms with Gasteiger partial charge in [0.05, 0.1) is 5.69 Å². The zero-order valence-electron chi connectivity index (χ0n) is 10.0. The van der Waals surface area contributed by atoms with Crippen molar-refractivity contribution in [3.05, 3.63) is 54.1 Å². The predicted molar refractivity (Wildman–Crippen MR) is 69.9 cm³/mol. The summed E-state index contributed by atoms with van der Waals surface area (Å²) in [6.45, 7) is 2.41. The quantitative estimate of drug-likeness (QED) is 0.839. The summed E-state index contributed by atoms with van der Waals surface area (Å²) in [4.78, 5) is 1.69. The molecule has 0 aliphatic heterocycles. The highest BCUT2D eigenvalue weighted by molar-refractivity contribution is 5.65. The lowest BCUT2D eigenvalue weighted by Gasteiger charge is -2.24. The van der Waals surface area contributed by atoms with Crippen LogP contribution in [0.1, 0.15) is 6.92 Å². The summed E-state index contributed by atoms with van der Waals surface area (Å²) in [7, 11) is 0. The molecule has 0 radical (unpaired) electrons. The Kier molecular flexibility index (Phi) is 3.46. The lowest BCUT2D eigenvalue weighted by atomic mass is 10.2. The van der Waals surface area contributed by atoms with E-state index in [9.17, 15) is 8.78 Å². The van der Waals surface area contributed by atoms with Crippen LogP contribution in [-0.4, -0.2) is 6.54 Å². The lowest BCUT2D eigenvalue weighted by Crippen LogP contribution is -2.17. The van der Waals surface area contributed by atoms with Gasteiger partial charge in [0.2, 0.25) is 0 Å². The van der Waals surface area contributed by atoms with Crippen LogP contribution in [0.4, 0.5) is 25.8 Å².